The van der Waals surface area contributed by atoms with E-state index in [0.717, 1.165) is 29.3 Å². The van der Waals surface area contributed by atoms with E-state index >= 15 is 0 Å². The van der Waals surface area contributed by atoms with E-state index in [1.165, 1.54) is 16.8 Å². The first-order valence-corrected chi connectivity index (χ1v) is 5.95. The molecule has 0 amide bonds. The standard InChI is InChI=1S/C12H12BrN2/c1-15-5-4-12-10(7-15)9-6-8(13)2-3-11(9)14-12/h2-3,6H,4-5,7H2,1H3. The van der Waals surface area contributed by atoms with Gasteiger partial charge in [0.15, 0.2) is 0 Å². The van der Waals surface area contributed by atoms with Crippen LogP contribution in [0.5, 0.6) is 0 Å². The van der Waals surface area contributed by atoms with Gasteiger partial charge in [0, 0.05) is 22.8 Å². The zero-order valence-electron chi connectivity index (χ0n) is 8.63. The van der Waals surface area contributed by atoms with Crippen LogP contribution in [0.3, 0.4) is 0 Å². The molecular formula is C12H12BrN2. The second-order valence-corrected chi connectivity index (χ2v) is 5.10. The van der Waals surface area contributed by atoms with E-state index in [9.17, 15) is 0 Å². The van der Waals surface area contributed by atoms with E-state index in [4.69, 9.17) is 0 Å². The molecule has 0 spiro atoms. The Balaban J connectivity index is 2.23. The molecule has 3 heteroatoms. The Labute approximate surface area is 97.4 Å². The molecule has 2 heterocycles. The highest BCUT2D eigenvalue weighted by atomic mass is 79.9. The van der Waals surface area contributed by atoms with Crippen LogP contribution in [0.25, 0.3) is 5.57 Å². The molecule has 2 aliphatic rings. The number of piperidine rings is 1. The maximum absolute atomic E-state index is 4.68. The first-order valence-electron chi connectivity index (χ1n) is 5.16. The number of likely N-dealkylation sites (tertiary alicyclic amines) is 1. The number of nitrogens with zero attached hydrogens (tertiary/aromatic N) is 2. The molecule has 0 bridgehead atoms. The first-order chi connectivity index (χ1) is 7.24. The van der Waals surface area contributed by atoms with Gasteiger partial charge in [0.25, 0.3) is 0 Å². The van der Waals surface area contributed by atoms with Crippen molar-refractivity contribution in [1.29, 1.82) is 0 Å². The molecule has 1 radical (unpaired) electrons. The van der Waals surface area contributed by atoms with Crippen LogP contribution >= 0.6 is 15.9 Å². The largest absolute Gasteiger partial charge is 0.302 e. The number of hydrogen-bond acceptors (Lipinski definition) is 2. The lowest BCUT2D eigenvalue weighted by molar-refractivity contribution is 0.352. The minimum atomic E-state index is 1.03. The first kappa shape index (κ1) is 9.55. The van der Waals surface area contributed by atoms with Gasteiger partial charge in [-0.3, -0.25) is 4.99 Å². The summed E-state index contributed by atoms with van der Waals surface area (Å²) in [4.78, 5) is 7.03. The average molecular weight is 264 g/mol. The van der Waals surface area contributed by atoms with Crippen molar-refractivity contribution in [2.45, 2.75) is 6.42 Å². The second-order valence-electron chi connectivity index (χ2n) is 4.19. The third-order valence-corrected chi connectivity index (χ3v) is 3.54. The summed E-state index contributed by atoms with van der Waals surface area (Å²) in [5, 5.41) is 2.45. The monoisotopic (exact) mass is 263 g/mol. The number of halogens is 1. The van der Waals surface area contributed by atoms with Crippen molar-refractivity contribution < 1.29 is 0 Å². The fraction of sp³-hybridized carbons (Fsp3) is 0.333. The predicted octanol–water partition coefficient (Wildman–Crippen LogP) is 1.10. The fourth-order valence-corrected chi connectivity index (χ4v) is 2.61. The lowest BCUT2D eigenvalue weighted by Gasteiger charge is -2.26. The number of hydrogen-bond donors (Lipinski definition) is 0. The summed E-state index contributed by atoms with van der Waals surface area (Å²) in [6.07, 6.45) is 1.08. The predicted molar refractivity (Wildman–Crippen MR) is 63.7 cm³/mol. The van der Waals surface area contributed by atoms with Gasteiger partial charge in [-0.25, -0.2) is 0 Å². The Morgan fingerprint density at radius 1 is 1.40 bits per heavy atom. The van der Waals surface area contributed by atoms with Gasteiger partial charge in [-0.15, -0.1) is 0 Å². The molecule has 77 valence electrons. The fourth-order valence-electron chi connectivity index (χ4n) is 2.24. The van der Waals surface area contributed by atoms with Crippen LogP contribution in [0.15, 0.2) is 27.7 Å². The quantitative estimate of drug-likeness (QED) is 0.685. The molecule has 2 aliphatic heterocycles. The van der Waals surface area contributed by atoms with E-state index in [-0.39, 0.29) is 0 Å². The lowest BCUT2D eigenvalue weighted by atomic mass is 9.99. The molecule has 0 N–H and O–H groups in total. The van der Waals surface area contributed by atoms with E-state index in [1.807, 2.05) is 0 Å². The van der Waals surface area contributed by atoms with E-state index < -0.39 is 0 Å². The van der Waals surface area contributed by atoms with Gasteiger partial charge in [-0.05, 0) is 37.2 Å². The molecule has 0 unspecified atom stereocenters. The summed E-state index contributed by atoms with van der Waals surface area (Å²) < 4.78 is 1.14. The van der Waals surface area contributed by atoms with E-state index in [1.54, 1.807) is 0 Å². The molecule has 0 aromatic heterocycles. The van der Waals surface area contributed by atoms with Crippen LogP contribution in [-0.2, 0) is 0 Å². The highest BCUT2D eigenvalue weighted by Crippen LogP contribution is 2.26. The highest BCUT2D eigenvalue weighted by molar-refractivity contribution is 9.10. The molecule has 1 saturated heterocycles. The number of fused-ring (bicyclic) bond motifs is 2. The van der Waals surface area contributed by atoms with Gasteiger partial charge in [-0.2, -0.15) is 0 Å². The lowest BCUT2D eigenvalue weighted by Crippen LogP contribution is -2.33. The van der Waals surface area contributed by atoms with Gasteiger partial charge < -0.3 is 4.90 Å². The molecule has 1 aromatic carbocycles. The molecule has 0 saturated carbocycles. The van der Waals surface area contributed by atoms with Crippen molar-refractivity contribution >= 4 is 21.5 Å². The van der Waals surface area contributed by atoms with Crippen LogP contribution in [0.4, 0.5) is 0 Å². The summed E-state index contributed by atoms with van der Waals surface area (Å²) in [6.45, 7) is 2.15. The minimum Gasteiger partial charge on any atom is -0.302 e. The number of rotatable bonds is 0. The van der Waals surface area contributed by atoms with Gasteiger partial charge >= 0.3 is 0 Å². The maximum Gasteiger partial charge on any atom is 0.115 e. The van der Waals surface area contributed by atoms with Crippen LogP contribution in [0, 0.1) is 6.04 Å². The summed E-state index contributed by atoms with van der Waals surface area (Å²) >= 11 is 3.52. The second kappa shape index (κ2) is 3.42. The zero-order chi connectivity index (χ0) is 10.4. The van der Waals surface area contributed by atoms with Crippen LogP contribution in [-0.4, -0.2) is 25.0 Å². The maximum atomic E-state index is 4.68. The third kappa shape index (κ3) is 1.54. The normalized spacial score (nSPS) is 21.1. The summed E-state index contributed by atoms with van der Waals surface area (Å²) in [6, 6.07) is 7.63. The van der Waals surface area contributed by atoms with Crippen LogP contribution < -0.4 is 10.6 Å². The Kier molecular flexibility index (Phi) is 2.18. The van der Waals surface area contributed by atoms with Gasteiger partial charge in [0.2, 0.25) is 0 Å². The van der Waals surface area contributed by atoms with Crippen molar-refractivity contribution in [3.05, 3.63) is 39.3 Å². The third-order valence-electron chi connectivity index (χ3n) is 3.05. The molecule has 1 fully saturated rings. The molecule has 0 atom stereocenters. The molecule has 15 heavy (non-hydrogen) atoms. The average Bonchev–Trinajstić information content (AvgIpc) is 2.56. The molecule has 0 aliphatic carbocycles. The van der Waals surface area contributed by atoms with E-state index in [2.05, 4.69) is 51.1 Å². The van der Waals surface area contributed by atoms with Gasteiger partial charge in [-0.1, -0.05) is 15.9 Å². The van der Waals surface area contributed by atoms with Crippen molar-refractivity contribution in [3.8, 4) is 0 Å². The smallest absolute Gasteiger partial charge is 0.115 e. The topological polar surface area (TPSA) is 15.6 Å². The highest BCUT2D eigenvalue weighted by Gasteiger charge is 2.26. The van der Waals surface area contributed by atoms with Crippen LogP contribution in [0.2, 0.25) is 0 Å². The van der Waals surface area contributed by atoms with Crippen molar-refractivity contribution in [2.75, 3.05) is 20.1 Å². The molecule has 3 rings (SSSR count). The molecular weight excluding hydrogens is 252 g/mol. The number of benzene rings is 1. The minimum absolute atomic E-state index is 1.03. The van der Waals surface area contributed by atoms with Gasteiger partial charge in [0.05, 0.1) is 5.36 Å². The van der Waals surface area contributed by atoms with Crippen molar-refractivity contribution in [1.82, 2.24) is 4.90 Å². The Bertz CT molecular complexity index is 521. The Hall–Kier alpha value is -0.670. The SMILES string of the molecule is CN1CC[C]2N=c3ccc(Br)cc3=C2C1. The zero-order valence-corrected chi connectivity index (χ0v) is 10.2. The summed E-state index contributed by atoms with van der Waals surface area (Å²) in [7, 11) is 2.17. The summed E-state index contributed by atoms with van der Waals surface area (Å²) in [5.74, 6) is 0. The van der Waals surface area contributed by atoms with Crippen molar-refractivity contribution in [3.63, 3.8) is 0 Å². The summed E-state index contributed by atoms with van der Waals surface area (Å²) in [5.41, 5.74) is 1.42. The molecule has 2 nitrogen and oxygen atoms in total. The Morgan fingerprint density at radius 3 is 3.13 bits per heavy atom. The van der Waals surface area contributed by atoms with E-state index in [0.29, 0.717) is 0 Å². The van der Waals surface area contributed by atoms with Crippen LogP contribution in [0.1, 0.15) is 6.42 Å². The Morgan fingerprint density at radius 2 is 2.27 bits per heavy atom. The van der Waals surface area contributed by atoms with Gasteiger partial charge in [0.1, 0.15) is 6.04 Å². The molecule has 1 aromatic rings. The van der Waals surface area contributed by atoms with Crippen molar-refractivity contribution in [2.24, 2.45) is 4.99 Å².